The van der Waals surface area contributed by atoms with Crippen LogP contribution in [0.15, 0.2) is 0 Å². The van der Waals surface area contributed by atoms with Crippen LogP contribution in [-0.2, 0) is 4.79 Å². The zero-order valence-corrected chi connectivity index (χ0v) is 11.3. The number of rotatable bonds is 9. The molecule has 0 unspecified atom stereocenters. The lowest BCUT2D eigenvalue weighted by molar-refractivity contribution is -0.123. The molecule has 0 aromatic heterocycles. The second kappa shape index (κ2) is 8.74. The van der Waals surface area contributed by atoms with E-state index in [9.17, 15) is 9.90 Å². The zero-order chi connectivity index (χ0) is 12.6. The van der Waals surface area contributed by atoms with Gasteiger partial charge in [-0.05, 0) is 12.3 Å². The average molecular weight is 228 g/mol. The lowest BCUT2D eigenvalue weighted by atomic mass is 9.97. The van der Waals surface area contributed by atoms with E-state index in [4.69, 9.17) is 0 Å². The smallest absolute Gasteiger partial charge is 0.137 e. The maximum atomic E-state index is 11.4. The van der Waals surface area contributed by atoms with Gasteiger partial charge in [0.2, 0.25) is 0 Å². The summed E-state index contributed by atoms with van der Waals surface area (Å²) in [6, 6.07) is 0. The average Bonchev–Trinajstić information content (AvgIpc) is 2.23. The SMILES string of the molecule is CC[C@H](C)CCCC[C@@H](O)CC(=O)C(C)C. The third kappa shape index (κ3) is 7.86. The standard InChI is InChI=1S/C14H28O2/c1-5-12(4)8-6-7-9-13(15)10-14(16)11(2)3/h11-13,15H,5-10H2,1-4H3/t12-,13+/m0/s1. The Morgan fingerprint density at radius 2 is 1.69 bits per heavy atom. The largest absolute Gasteiger partial charge is 0.393 e. The predicted octanol–water partition coefficient (Wildman–Crippen LogP) is 3.57. The molecular formula is C14H28O2. The predicted molar refractivity (Wildman–Crippen MR) is 68.4 cm³/mol. The number of hydrogen-bond donors (Lipinski definition) is 1. The van der Waals surface area contributed by atoms with Crippen LogP contribution in [0.3, 0.4) is 0 Å². The van der Waals surface area contributed by atoms with E-state index < -0.39 is 6.10 Å². The molecule has 0 aliphatic rings. The first kappa shape index (κ1) is 15.6. The van der Waals surface area contributed by atoms with Gasteiger partial charge in [-0.25, -0.2) is 0 Å². The van der Waals surface area contributed by atoms with Gasteiger partial charge in [-0.15, -0.1) is 0 Å². The van der Waals surface area contributed by atoms with Crippen LogP contribution < -0.4 is 0 Å². The lowest BCUT2D eigenvalue weighted by Gasteiger charge is -2.12. The minimum atomic E-state index is -0.424. The molecule has 96 valence electrons. The summed E-state index contributed by atoms with van der Waals surface area (Å²) in [6.45, 7) is 8.25. The highest BCUT2D eigenvalue weighted by Crippen LogP contribution is 2.14. The summed E-state index contributed by atoms with van der Waals surface area (Å²) in [5.74, 6) is 1.01. The van der Waals surface area contributed by atoms with E-state index in [1.165, 1.54) is 19.3 Å². The molecule has 2 nitrogen and oxygen atoms in total. The maximum Gasteiger partial charge on any atom is 0.137 e. The Labute approximate surface area is 100 Å². The van der Waals surface area contributed by atoms with Gasteiger partial charge in [0, 0.05) is 12.3 Å². The van der Waals surface area contributed by atoms with Gasteiger partial charge in [0.15, 0.2) is 0 Å². The van der Waals surface area contributed by atoms with Gasteiger partial charge in [-0.1, -0.05) is 53.4 Å². The summed E-state index contributed by atoms with van der Waals surface area (Å²) < 4.78 is 0. The minimum absolute atomic E-state index is 0.0507. The molecule has 0 heterocycles. The molecule has 0 saturated carbocycles. The van der Waals surface area contributed by atoms with Gasteiger partial charge in [-0.2, -0.15) is 0 Å². The van der Waals surface area contributed by atoms with Crippen LogP contribution in [0.1, 0.15) is 66.2 Å². The van der Waals surface area contributed by atoms with Crippen LogP contribution >= 0.6 is 0 Å². The number of carbonyl (C=O) groups excluding carboxylic acids is 1. The molecular weight excluding hydrogens is 200 g/mol. The second-order valence-corrected chi connectivity index (χ2v) is 5.28. The van der Waals surface area contributed by atoms with Crippen molar-refractivity contribution in [2.45, 2.75) is 72.3 Å². The molecule has 0 aliphatic carbocycles. The van der Waals surface area contributed by atoms with Gasteiger partial charge >= 0.3 is 0 Å². The van der Waals surface area contributed by atoms with Gasteiger partial charge in [0.25, 0.3) is 0 Å². The number of carbonyl (C=O) groups is 1. The Morgan fingerprint density at radius 1 is 1.12 bits per heavy atom. The molecule has 0 aromatic carbocycles. The molecule has 0 amide bonds. The fourth-order valence-corrected chi connectivity index (χ4v) is 1.65. The monoisotopic (exact) mass is 228 g/mol. The van der Waals surface area contributed by atoms with Gasteiger partial charge < -0.3 is 5.11 Å². The molecule has 0 radical (unpaired) electrons. The molecule has 16 heavy (non-hydrogen) atoms. The van der Waals surface area contributed by atoms with Crippen LogP contribution in [0, 0.1) is 11.8 Å². The lowest BCUT2D eigenvalue weighted by Crippen LogP contribution is -2.17. The number of unbranched alkanes of at least 4 members (excludes halogenated alkanes) is 1. The van der Waals surface area contributed by atoms with Gasteiger partial charge in [-0.3, -0.25) is 4.79 Å². The molecule has 0 bridgehead atoms. The Kier molecular flexibility index (Phi) is 8.54. The van der Waals surface area contributed by atoms with Crippen molar-refractivity contribution in [1.29, 1.82) is 0 Å². The van der Waals surface area contributed by atoms with E-state index in [1.807, 2.05) is 13.8 Å². The first-order valence-electron chi connectivity index (χ1n) is 6.68. The third-order valence-electron chi connectivity index (χ3n) is 3.26. The van der Waals surface area contributed by atoms with Crippen LogP contribution in [0.4, 0.5) is 0 Å². The van der Waals surface area contributed by atoms with Crippen molar-refractivity contribution in [2.24, 2.45) is 11.8 Å². The molecule has 0 aromatic rings. The second-order valence-electron chi connectivity index (χ2n) is 5.28. The van der Waals surface area contributed by atoms with Crippen LogP contribution in [0.25, 0.3) is 0 Å². The fraction of sp³-hybridized carbons (Fsp3) is 0.929. The minimum Gasteiger partial charge on any atom is -0.393 e. The maximum absolute atomic E-state index is 11.4. The Hall–Kier alpha value is -0.370. The number of hydrogen-bond acceptors (Lipinski definition) is 2. The highest BCUT2D eigenvalue weighted by molar-refractivity contribution is 5.80. The Balaban J connectivity index is 3.51. The van der Waals surface area contributed by atoms with Crippen LogP contribution in [0.5, 0.6) is 0 Å². The van der Waals surface area contributed by atoms with Crippen molar-refractivity contribution in [2.75, 3.05) is 0 Å². The fourth-order valence-electron chi connectivity index (χ4n) is 1.65. The number of aliphatic hydroxyl groups is 1. The summed E-state index contributed by atoms with van der Waals surface area (Å²) in [4.78, 5) is 11.4. The molecule has 0 rings (SSSR count). The van der Waals surface area contributed by atoms with E-state index in [-0.39, 0.29) is 11.7 Å². The van der Waals surface area contributed by atoms with Gasteiger partial charge in [0.1, 0.15) is 5.78 Å². The summed E-state index contributed by atoms with van der Waals surface area (Å²) in [5, 5.41) is 9.67. The van der Waals surface area contributed by atoms with Crippen molar-refractivity contribution < 1.29 is 9.90 Å². The number of aliphatic hydroxyl groups excluding tert-OH is 1. The zero-order valence-electron chi connectivity index (χ0n) is 11.3. The first-order valence-corrected chi connectivity index (χ1v) is 6.68. The Morgan fingerprint density at radius 3 is 2.19 bits per heavy atom. The molecule has 1 N–H and O–H groups in total. The van der Waals surface area contributed by atoms with Gasteiger partial charge in [0.05, 0.1) is 6.10 Å². The highest BCUT2D eigenvalue weighted by Gasteiger charge is 2.13. The van der Waals surface area contributed by atoms with Crippen molar-refractivity contribution >= 4 is 5.78 Å². The molecule has 2 atom stereocenters. The summed E-state index contributed by atoms with van der Waals surface area (Å²) in [5.41, 5.74) is 0. The van der Waals surface area contributed by atoms with E-state index in [2.05, 4.69) is 13.8 Å². The van der Waals surface area contributed by atoms with Crippen molar-refractivity contribution in [3.05, 3.63) is 0 Å². The molecule has 0 saturated heterocycles. The van der Waals surface area contributed by atoms with Crippen molar-refractivity contribution in [3.8, 4) is 0 Å². The topological polar surface area (TPSA) is 37.3 Å². The summed E-state index contributed by atoms with van der Waals surface area (Å²) in [6.07, 6.45) is 5.36. The summed E-state index contributed by atoms with van der Waals surface area (Å²) in [7, 11) is 0. The molecule has 0 aliphatic heterocycles. The molecule has 2 heteroatoms. The van der Waals surface area contributed by atoms with Crippen LogP contribution in [-0.4, -0.2) is 17.0 Å². The van der Waals surface area contributed by atoms with E-state index in [1.54, 1.807) is 0 Å². The van der Waals surface area contributed by atoms with Crippen molar-refractivity contribution in [1.82, 2.24) is 0 Å². The third-order valence-corrected chi connectivity index (χ3v) is 3.26. The normalized spacial score (nSPS) is 15.1. The first-order chi connectivity index (χ1) is 7.47. The van der Waals surface area contributed by atoms with E-state index >= 15 is 0 Å². The number of ketones is 1. The Bertz CT molecular complexity index is 187. The van der Waals surface area contributed by atoms with E-state index in [0.717, 1.165) is 18.8 Å². The highest BCUT2D eigenvalue weighted by atomic mass is 16.3. The van der Waals surface area contributed by atoms with Crippen LogP contribution in [0.2, 0.25) is 0 Å². The quantitative estimate of drug-likeness (QED) is 0.613. The number of Topliss-reactive ketones (excluding diaryl/α,β-unsaturated/α-hetero) is 1. The van der Waals surface area contributed by atoms with E-state index in [0.29, 0.717) is 6.42 Å². The van der Waals surface area contributed by atoms with Crippen molar-refractivity contribution in [3.63, 3.8) is 0 Å². The molecule has 0 spiro atoms. The molecule has 0 fully saturated rings. The summed E-state index contributed by atoms with van der Waals surface area (Å²) >= 11 is 0.